The van der Waals surface area contributed by atoms with Gasteiger partial charge in [-0.3, -0.25) is 4.79 Å². The SMILES string of the molecule is COc1ccc(CC(=O)c2cc(F)ccc2Br)cc1OC. The van der Waals surface area contributed by atoms with Gasteiger partial charge in [0.2, 0.25) is 0 Å². The third-order valence-corrected chi connectivity index (χ3v) is 3.73. The number of ketones is 1. The zero-order valence-electron chi connectivity index (χ0n) is 11.7. The summed E-state index contributed by atoms with van der Waals surface area (Å²) in [5.74, 6) is 0.546. The summed E-state index contributed by atoms with van der Waals surface area (Å²) < 4.78 is 24.2. The van der Waals surface area contributed by atoms with E-state index in [4.69, 9.17) is 9.47 Å². The van der Waals surface area contributed by atoms with E-state index in [1.807, 2.05) is 0 Å². The zero-order chi connectivity index (χ0) is 15.4. The Labute approximate surface area is 130 Å². The molecule has 2 rings (SSSR count). The minimum Gasteiger partial charge on any atom is -0.493 e. The lowest BCUT2D eigenvalue weighted by molar-refractivity contribution is 0.0991. The highest BCUT2D eigenvalue weighted by molar-refractivity contribution is 9.10. The van der Waals surface area contributed by atoms with Crippen LogP contribution in [0.2, 0.25) is 0 Å². The zero-order valence-corrected chi connectivity index (χ0v) is 13.2. The van der Waals surface area contributed by atoms with Gasteiger partial charge in [-0.2, -0.15) is 0 Å². The van der Waals surface area contributed by atoms with Gasteiger partial charge in [-0.05, 0) is 35.9 Å². The normalized spacial score (nSPS) is 10.3. The van der Waals surface area contributed by atoms with Gasteiger partial charge < -0.3 is 9.47 Å². The van der Waals surface area contributed by atoms with Crippen molar-refractivity contribution in [2.24, 2.45) is 0 Å². The van der Waals surface area contributed by atoms with Gasteiger partial charge in [-0.1, -0.05) is 22.0 Å². The van der Waals surface area contributed by atoms with Crippen LogP contribution in [0.5, 0.6) is 11.5 Å². The van der Waals surface area contributed by atoms with Crippen LogP contribution in [0, 0.1) is 5.82 Å². The van der Waals surface area contributed by atoms with Crippen molar-refractivity contribution in [1.29, 1.82) is 0 Å². The molecule has 0 amide bonds. The van der Waals surface area contributed by atoms with Crippen molar-refractivity contribution in [3.05, 3.63) is 57.8 Å². The van der Waals surface area contributed by atoms with Crippen LogP contribution in [0.4, 0.5) is 4.39 Å². The first kappa shape index (κ1) is 15.5. The number of Topliss-reactive ketones (excluding diaryl/α,β-unsaturated/α-hetero) is 1. The number of carbonyl (C=O) groups excluding carboxylic acids is 1. The summed E-state index contributed by atoms with van der Waals surface area (Å²) >= 11 is 3.26. The van der Waals surface area contributed by atoms with E-state index in [1.165, 1.54) is 25.3 Å². The maximum atomic E-state index is 13.3. The first-order valence-electron chi connectivity index (χ1n) is 6.24. The Hall–Kier alpha value is -1.88. The van der Waals surface area contributed by atoms with Crippen LogP contribution >= 0.6 is 15.9 Å². The first-order valence-corrected chi connectivity index (χ1v) is 7.03. The van der Waals surface area contributed by atoms with Crippen molar-refractivity contribution in [3.8, 4) is 11.5 Å². The number of hydrogen-bond donors (Lipinski definition) is 0. The number of halogens is 2. The minimum absolute atomic E-state index is 0.155. The highest BCUT2D eigenvalue weighted by Crippen LogP contribution is 2.28. The molecule has 0 bridgehead atoms. The number of methoxy groups -OCH3 is 2. The van der Waals surface area contributed by atoms with E-state index in [-0.39, 0.29) is 12.2 Å². The van der Waals surface area contributed by atoms with Gasteiger partial charge in [0.05, 0.1) is 14.2 Å². The molecular formula is C16H14BrFO3. The molecule has 0 saturated carbocycles. The predicted molar refractivity (Wildman–Crippen MR) is 81.7 cm³/mol. The molecule has 0 heterocycles. The average molecular weight is 353 g/mol. The molecule has 0 aromatic heterocycles. The smallest absolute Gasteiger partial charge is 0.168 e. The molecule has 0 radical (unpaired) electrons. The number of rotatable bonds is 5. The first-order chi connectivity index (χ1) is 10.0. The highest BCUT2D eigenvalue weighted by atomic mass is 79.9. The Morgan fingerprint density at radius 1 is 1.10 bits per heavy atom. The molecule has 5 heteroatoms. The Balaban J connectivity index is 2.25. The van der Waals surface area contributed by atoms with Crippen LogP contribution in [0.25, 0.3) is 0 Å². The number of carbonyl (C=O) groups is 1. The van der Waals surface area contributed by atoms with Crippen LogP contribution in [0.15, 0.2) is 40.9 Å². The van der Waals surface area contributed by atoms with Crippen LogP contribution in [0.1, 0.15) is 15.9 Å². The third kappa shape index (κ3) is 3.61. The van der Waals surface area contributed by atoms with Gasteiger partial charge >= 0.3 is 0 Å². The highest BCUT2D eigenvalue weighted by Gasteiger charge is 2.13. The van der Waals surface area contributed by atoms with Crippen molar-refractivity contribution in [2.45, 2.75) is 6.42 Å². The average Bonchev–Trinajstić information content (AvgIpc) is 2.49. The second-order valence-electron chi connectivity index (χ2n) is 4.41. The topological polar surface area (TPSA) is 35.5 Å². The van der Waals surface area contributed by atoms with Crippen molar-refractivity contribution in [3.63, 3.8) is 0 Å². The quantitative estimate of drug-likeness (QED) is 0.762. The molecule has 21 heavy (non-hydrogen) atoms. The van der Waals surface area contributed by atoms with Crippen LogP contribution < -0.4 is 9.47 Å². The molecule has 3 nitrogen and oxygen atoms in total. The predicted octanol–water partition coefficient (Wildman–Crippen LogP) is 4.03. The minimum atomic E-state index is -0.436. The molecule has 0 fully saturated rings. The molecule has 0 unspecified atom stereocenters. The molecule has 0 aliphatic heterocycles. The summed E-state index contributed by atoms with van der Waals surface area (Å²) in [5, 5.41) is 0. The molecule has 0 atom stereocenters. The summed E-state index contributed by atoms with van der Waals surface area (Å²) in [6.07, 6.45) is 0.155. The van der Waals surface area contributed by atoms with Crippen molar-refractivity contribution in [2.75, 3.05) is 14.2 Å². The van der Waals surface area contributed by atoms with Crippen molar-refractivity contribution < 1.29 is 18.7 Å². The fourth-order valence-electron chi connectivity index (χ4n) is 1.98. The van der Waals surface area contributed by atoms with E-state index in [0.717, 1.165) is 5.56 Å². The Bertz CT molecular complexity index is 671. The second-order valence-corrected chi connectivity index (χ2v) is 5.27. The molecule has 0 aliphatic rings. The number of hydrogen-bond acceptors (Lipinski definition) is 3. The van der Waals surface area contributed by atoms with E-state index >= 15 is 0 Å². The summed E-state index contributed by atoms with van der Waals surface area (Å²) in [7, 11) is 3.08. The van der Waals surface area contributed by atoms with Crippen molar-refractivity contribution >= 4 is 21.7 Å². The van der Waals surface area contributed by atoms with E-state index in [0.29, 0.717) is 21.5 Å². The standard InChI is InChI=1S/C16H14BrFO3/c1-20-15-6-3-10(8-16(15)21-2)7-14(19)12-9-11(18)4-5-13(12)17/h3-6,8-9H,7H2,1-2H3. The van der Waals surface area contributed by atoms with Gasteiger partial charge in [0.15, 0.2) is 17.3 Å². The second kappa shape index (κ2) is 6.72. The van der Waals surface area contributed by atoms with Gasteiger partial charge in [-0.25, -0.2) is 4.39 Å². The Morgan fingerprint density at radius 3 is 2.48 bits per heavy atom. The van der Waals surface area contributed by atoms with E-state index in [2.05, 4.69) is 15.9 Å². The molecule has 0 spiro atoms. The van der Waals surface area contributed by atoms with Crippen molar-refractivity contribution in [1.82, 2.24) is 0 Å². The summed E-state index contributed by atoms with van der Waals surface area (Å²) in [6, 6.07) is 9.32. The third-order valence-electron chi connectivity index (χ3n) is 3.04. The molecule has 2 aromatic rings. The van der Waals surface area contributed by atoms with Gasteiger partial charge in [0, 0.05) is 16.5 Å². The fourth-order valence-corrected chi connectivity index (χ4v) is 2.45. The van der Waals surface area contributed by atoms with Gasteiger partial charge in [0.25, 0.3) is 0 Å². The lowest BCUT2D eigenvalue weighted by Crippen LogP contribution is -2.05. The summed E-state index contributed by atoms with van der Waals surface area (Å²) in [6.45, 7) is 0. The van der Waals surface area contributed by atoms with Gasteiger partial charge in [0.1, 0.15) is 5.82 Å². The van der Waals surface area contributed by atoms with E-state index in [1.54, 1.807) is 25.3 Å². The lowest BCUT2D eigenvalue weighted by Gasteiger charge is -2.09. The monoisotopic (exact) mass is 352 g/mol. The molecule has 0 saturated heterocycles. The summed E-state index contributed by atoms with van der Waals surface area (Å²) in [4.78, 5) is 12.3. The Kier molecular flexibility index (Phi) is 4.96. The van der Waals surface area contributed by atoms with E-state index < -0.39 is 5.82 Å². The fraction of sp³-hybridized carbons (Fsp3) is 0.188. The molecular weight excluding hydrogens is 339 g/mol. The molecule has 110 valence electrons. The number of benzene rings is 2. The van der Waals surface area contributed by atoms with Crippen LogP contribution in [0.3, 0.4) is 0 Å². The number of ether oxygens (including phenoxy) is 2. The van der Waals surface area contributed by atoms with Gasteiger partial charge in [-0.15, -0.1) is 0 Å². The molecule has 0 aliphatic carbocycles. The maximum Gasteiger partial charge on any atom is 0.168 e. The Morgan fingerprint density at radius 2 is 1.81 bits per heavy atom. The van der Waals surface area contributed by atoms with E-state index in [9.17, 15) is 9.18 Å². The lowest BCUT2D eigenvalue weighted by atomic mass is 10.0. The van der Waals surface area contributed by atoms with Crippen LogP contribution in [-0.2, 0) is 6.42 Å². The van der Waals surface area contributed by atoms with Crippen LogP contribution in [-0.4, -0.2) is 20.0 Å². The summed E-state index contributed by atoms with van der Waals surface area (Å²) in [5.41, 5.74) is 1.10. The maximum absolute atomic E-state index is 13.3. The molecule has 2 aromatic carbocycles. The molecule has 0 N–H and O–H groups in total. The largest absolute Gasteiger partial charge is 0.493 e.